The number of amides is 1. The molecule has 0 unspecified atom stereocenters. The highest BCUT2D eigenvalue weighted by Crippen LogP contribution is 2.26. The standard InChI is InChI=1S/C19H22N6O2S/c1-14-15(6-12-27-14)18-21-22-19(23(18)2)28-13-17(26)25-10-8-24(9-11-25)16-5-3-4-7-20-16/h3-7,12H,8-11,13H2,1-2H3. The van der Waals surface area contributed by atoms with E-state index in [1.54, 1.807) is 12.5 Å². The zero-order chi connectivity index (χ0) is 19.5. The Morgan fingerprint density at radius 2 is 2.00 bits per heavy atom. The van der Waals surface area contributed by atoms with Gasteiger partial charge in [0, 0.05) is 39.4 Å². The molecule has 0 aliphatic carbocycles. The zero-order valence-corrected chi connectivity index (χ0v) is 16.7. The maximum Gasteiger partial charge on any atom is 0.233 e. The number of rotatable bonds is 5. The molecule has 1 saturated heterocycles. The van der Waals surface area contributed by atoms with Crippen LogP contribution in [0.2, 0.25) is 0 Å². The van der Waals surface area contributed by atoms with Gasteiger partial charge in [-0.1, -0.05) is 17.8 Å². The molecular weight excluding hydrogens is 376 g/mol. The summed E-state index contributed by atoms with van der Waals surface area (Å²) in [4.78, 5) is 21.1. The van der Waals surface area contributed by atoms with Gasteiger partial charge >= 0.3 is 0 Å². The predicted molar refractivity (Wildman–Crippen MR) is 107 cm³/mol. The minimum atomic E-state index is 0.120. The normalized spacial score (nSPS) is 14.5. The van der Waals surface area contributed by atoms with Crippen molar-refractivity contribution in [3.05, 3.63) is 42.5 Å². The van der Waals surface area contributed by atoms with Crippen molar-refractivity contribution in [3.8, 4) is 11.4 Å². The van der Waals surface area contributed by atoms with Crippen molar-refractivity contribution < 1.29 is 9.21 Å². The van der Waals surface area contributed by atoms with Crippen LogP contribution in [-0.2, 0) is 11.8 Å². The minimum absolute atomic E-state index is 0.120. The molecule has 8 nitrogen and oxygen atoms in total. The Balaban J connectivity index is 1.32. The van der Waals surface area contributed by atoms with Crippen LogP contribution >= 0.6 is 11.8 Å². The smallest absolute Gasteiger partial charge is 0.233 e. The second kappa shape index (κ2) is 8.05. The monoisotopic (exact) mass is 398 g/mol. The van der Waals surface area contributed by atoms with Gasteiger partial charge in [-0.2, -0.15) is 0 Å². The average molecular weight is 398 g/mol. The van der Waals surface area contributed by atoms with Gasteiger partial charge in [0.25, 0.3) is 0 Å². The molecule has 0 saturated carbocycles. The number of anilines is 1. The molecule has 9 heteroatoms. The average Bonchev–Trinajstić information content (AvgIpc) is 3.32. The molecule has 1 amide bonds. The fraction of sp³-hybridized carbons (Fsp3) is 0.368. The van der Waals surface area contributed by atoms with Crippen molar-refractivity contribution in [2.75, 3.05) is 36.8 Å². The van der Waals surface area contributed by atoms with Crippen LogP contribution in [0.25, 0.3) is 11.4 Å². The molecule has 4 rings (SSSR count). The summed E-state index contributed by atoms with van der Waals surface area (Å²) < 4.78 is 7.24. The number of nitrogens with zero attached hydrogens (tertiary/aromatic N) is 6. The third-order valence-electron chi connectivity index (χ3n) is 4.87. The molecule has 3 aromatic heterocycles. The van der Waals surface area contributed by atoms with Crippen LogP contribution in [0.1, 0.15) is 5.76 Å². The van der Waals surface area contributed by atoms with E-state index in [4.69, 9.17) is 4.42 Å². The Kier molecular flexibility index (Phi) is 5.34. The second-order valence-corrected chi connectivity index (χ2v) is 7.54. The van der Waals surface area contributed by atoms with Crippen molar-refractivity contribution >= 4 is 23.5 Å². The Bertz CT molecular complexity index is 947. The van der Waals surface area contributed by atoms with Gasteiger partial charge in [-0.05, 0) is 25.1 Å². The van der Waals surface area contributed by atoms with Crippen molar-refractivity contribution in [2.45, 2.75) is 12.1 Å². The number of carbonyl (C=O) groups is 1. The van der Waals surface area contributed by atoms with Gasteiger partial charge in [0.15, 0.2) is 11.0 Å². The summed E-state index contributed by atoms with van der Waals surface area (Å²) in [6, 6.07) is 7.77. The summed E-state index contributed by atoms with van der Waals surface area (Å²) in [6.45, 7) is 4.88. The highest BCUT2D eigenvalue weighted by Gasteiger charge is 2.23. The van der Waals surface area contributed by atoms with Gasteiger partial charge in [0.2, 0.25) is 5.91 Å². The van der Waals surface area contributed by atoms with Gasteiger partial charge < -0.3 is 18.8 Å². The van der Waals surface area contributed by atoms with E-state index in [1.165, 1.54) is 11.8 Å². The maximum atomic E-state index is 12.6. The minimum Gasteiger partial charge on any atom is -0.469 e. The number of pyridine rings is 1. The molecule has 0 aromatic carbocycles. The summed E-state index contributed by atoms with van der Waals surface area (Å²) in [5, 5.41) is 9.19. The largest absolute Gasteiger partial charge is 0.469 e. The number of hydrogen-bond donors (Lipinski definition) is 0. The number of furan rings is 1. The summed E-state index contributed by atoms with van der Waals surface area (Å²) in [5.41, 5.74) is 0.916. The Labute approximate surface area is 167 Å². The Morgan fingerprint density at radius 3 is 2.68 bits per heavy atom. The van der Waals surface area contributed by atoms with Crippen LogP contribution in [0.5, 0.6) is 0 Å². The van der Waals surface area contributed by atoms with Gasteiger partial charge in [0.05, 0.1) is 17.6 Å². The number of carbonyl (C=O) groups excluding carboxylic acids is 1. The first-order chi connectivity index (χ1) is 13.6. The Hall–Kier alpha value is -2.81. The van der Waals surface area contributed by atoms with Crippen molar-refractivity contribution in [1.82, 2.24) is 24.6 Å². The van der Waals surface area contributed by atoms with Gasteiger partial charge in [-0.25, -0.2) is 4.98 Å². The van der Waals surface area contributed by atoms with Gasteiger partial charge in [-0.3, -0.25) is 4.79 Å². The lowest BCUT2D eigenvalue weighted by atomic mass is 10.2. The molecule has 1 aliphatic heterocycles. The third-order valence-corrected chi connectivity index (χ3v) is 5.87. The molecule has 28 heavy (non-hydrogen) atoms. The molecule has 0 atom stereocenters. The first-order valence-electron chi connectivity index (χ1n) is 9.14. The summed E-state index contributed by atoms with van der Waals surface area (Å²) in [6.07, 6.45) is 3.43. The lowest BCUT2D eigenvalue weighted by molar-refractivity contribution is -0.128. The summed E-state index contributed by atoms with van der Waals surface area (Å²) in [7, 11) is 1.90. The van der Waals surface area contributed by atoms with E-state index in [0.717, 1.165) is 41.2 Å². The summed E-state index contributed by atoms with van der Waals surface area (Å²) >= 11 is 1.41. The van der Waals surface area contributed by atoms with Crippen LogP contribution in [0, 0.1) is 6.92 Å². The van der Waals surface area contributed by atoms with Crippen LogP contribution in [0.4, 0.5) is 5.82 Å². The van der Waals surface area contributed by atoms with E-state index in [-0.39, 0.29) is 5.91 Å². The van der Waals surface area contributed by atoms with Crippen LogP contribution < -0.4 is 4.90 Å². The quantitative estimate of drug-likeness (QED) is 0.610. The second-order valence-electron chi connectivity index (χ2n) is 6.60. The molecule has 0 N–H and O–H groups in total. The fourth-order valence-electron chi connectivity index (χ4n) is 3.24. The highest BCUT2D eigenvalue weighted by atomic mass is 32.2. The predicted octanol–water partition coefficient (Wildman–Crippen LogP) is 2.22. The molecule has 1 fully saturated rings. The van der Waals surface area contributed by atoms with E-state index in [9.17, 15) is 4.79 Å². The molecule has 1 aliphatic rings. The van der Waals surface area contributed by atoms with Crippen LogP contribution in [-0.4, -0.2) is 62.5 Å². The van der Waals surface area contributed by atoms with E-state index in [0.29, 0.717) is 18.8 Å². The lowest BCUT2D eigenvalue weighted by Gasteiger charge is -2.35. The van der Waals surface area contributed by atoms with E-state index >= 15 is 0 Å². The SMILES string of the molecule is Cc1occc1-c1nnc(SCC(=O)N2CCN(c3ccccn3)CC2)n1C. The number of aryl methyl sites for hydroxylation is 1. The number of aromatic nitrogens is 4. The van der Waals surface area contributed by atoms with E-state index in [1.807, 2.05) is 47.7 Å². The first-order valence-corrected chi connectivity index (χ1v) is 10.1. The van der Waals surface area contributed by atoms with E-state index in [2.05, 4.69) is 20.1 Å². The maximum absolute atomic E-state index is 12.6. The number of thioether (sulfide) groups is 1. The number of hydrogen-bond acceptors (Lipinski definition) is 7. The molecule has 0 spiro atoms. The molecule has 0 bridgehead atoms. The molecule has 146 valence electrons. The lowest BCUT2D eigenvalue weighted by Crippen LogP contribution is -2.49. The molecule has 0 radical (unpaired) electrons. The van der Waals surface area contributed by atoms with Crippen LogP contribution in [0.15, 0.2) is 46.3 Å². The van der Waals surface area contributed by atoms with Crippen LogP contribution in [0.3, 0.4) is 0 Å². The first kappa shape index (κ1) is 18.5. The highest BCUT2D eigenvalue weighted by molar-refractivity contribution is 7.99. The topological polar surface area (TPSA) is 80.3 Å². The molecular formula is C19H22N6O2S. The summed E-state index contributed by atoms with van der Waals surface area (Å²) in [5.74, 6) is 2.97. The zero-order valence-electron chi connectivity index (χ0n) is 15.9. The van der Waals surface area contributed by atoms with Gasteiger partial charge in [-0.15, -0.1) is 10.2 Å². The fourth-order valence-corrected chi connectivity index (χ4v) is 4.05. The van der Waals surface area contributed by atoms with Crippen molar-refractivity contribution in [3.63, 3.8) is 0 Å². The van der Waals surface area contributed by atoms with E-state index < -0.39 is 0 Å². The third kappa shape index (κ3) is 3.75. The molecule has 4 heterocycles. The van der Waals surface area contributed by atoms with Gasteiger partial charge in [0.1, 0.15) is 11.6 Å². The molecule has 3 aromatic rings. The van der Waals surface area contributed by atoms with Crippen molar-refractivity contribution in [2.24, 2.45) is 7.05 Å². The number of piperazine rings is 1. The van der Waals surface area contributed by atoms with Crippen molar-refractivity contribution in [1.29, 1.82) is 0 Å². The Morgan fingerprint density at radius 1 is 1.18 bits per heavy atom.